The summed E-state index contributed by atoms with van der Waals surface area (Å²) in [6, 6.07) is 11.7. The molecule has 31 heavy (non-hydrogen) atoms. The van der Waals surface area contributed by atoms with Gasteiger partial charge in [0.2, 0.25) is 5.82 Å². The second-order valence-electron chi connectivity index (χ2n) is 8.05. The number of hydrogen-bond donors (Lipinski definition) is 4. The van der Waals surface area contributed by atoms with Crippen LogP contribution in [0.15, 0.2) is 52.1 Å². The molecule has 9 heteroatoms. The van der Waals surface area contributed by atoms with Crippen LogP contribution in [-0.2, 0) is 12.0 Å². The molecule has 2 aromatic heterocycles. The maximum Gasteiger partial charge on any atom is 0.216 e. The van der Waals surface area contributed by atoms with Crippen LogP contribution in [0.2, 0.25) is 0 Å². The number of hydrogen-bond acceptors (Lipinski definition) is 5. The van der Waals surface area contributed by atoms with Gasteiger partial charge < -0.3 is 20.2 Å². The zero-order chi connectivity index (χ0) is 21.6. The number of rotatable bonds is 7. The van der Waals surface area contributed by atoms with E-state index in [4.69, 9.17) is 4.42 Å². The number of aromatic nitrogens is 3. The number of nitrogens with one attached hydrogen (secondary N) is 3. The molecule has 0 spiro atoms. The molecule has 0 aliphatic rings. The predicted octanol–water partition coefficient (Wildman–Crippen LogP) is 3.77. The Bertz CT molecular complexity index is 945. The SMILES string of the molecule is CCNC(=NCc1nc(-c2ccco2)n[nH]1)NCC(O)c1ccc(C(C)(C)C)cc1.I. The smallest absolute Gasteiger partial charge is 0.216 e. The van der Waals surface area contributed by atoms with Crippen molar-refractivity contribution in [1.29, 1.82) is 0 Å². The zero-order valence-electron chi connectivity index (χ0n) is 18.3. The molecule has 0 saturated carbocycles. The largest absolute Gasteiger partial charge is 0.461 e. The summed E-state index contributed by atoms with van der Waals surface area (Å²) in [7, 11) is 0. The molecule has 0 saturated heterocycles. The van der Waals surface area contributed by atoms with Crippen molar-refractivity contribution in [3.8, 4) is 11.6 Å². The van der Waals surface area contributed by atoms with Gasteiger partial charge in [0.1, 0.15) is 12.4 Å². The molecule has 4 N–H and O–H groups in total. The lowest BCUT2D eigenvalue weighted by Gasteiger charge is -2.20. The Morgan fingerprint density at radius 2 is 1.94 bits per heavy atom. The molecule has 0 aliphatic heterocycles. The minimum absolute atomic E-state index is 0. The van der Waals surface area contributed by atoms with E-state index in [9.17, 15) is 5.11 Å². The van der Waals surface area contributed by atoms with E-state index in [1.807, 2.05) is 19.1 Å². The molecular formula is C22H31IN6O2. The zero-order valence-corrected chi connectivity index (χ0v) is 20.7. The van der Waals surface area contributed by atoms with Crippen LogP contribution in [-0.4, -0.2) is 39.3 Å². The van der Waals surface area contributed by atoms with Gasteiger partial charge in [-0.1, -0.05) is 45.0 Å². The van der Waals surface area contributed by atoms with Gasteiger partial charge in [-0.05, 0) is 35.6 Å². The van der Waals surface area contributed by atoms with Gasteiger partial charge >= 0.3 is 0 Å². The lowest BCUT2D eigenvalue weighted by Crippen LogP contribution is -2.39. The van der Waals surface area contributed by atoms with E-state index in [-0.39, 0.29) is 29.4 Å². The minimum Gasteiger partial charge on any atom is -0.461 e. The molecule has 2 heterocycles. The first kappa shape index (κ1) is 24.9. The Morgan fingerprint density at radius 1 is 1.19 bits per heavy atom. The standard InChI is InChI=1S/C22H30N6O2.HI/c1-5-23-21(25-14-19-26-20(28-27-19)18-7-6-12-30-18)24-13-17(29)15-8-10-16(11-9-15)22(2,3)4;/h6-12,17,29H,5,13-14H2,1-4H3,(H2,23,24,25)(H,26,27,28);1H. The van der Waals surface area contributed by atoms with Gasteiger partial charge in [-0.15, -0.1) is 29.1 Å². The van der Waals surface area contributed by atoms with Gasteiger partial charge in [0.05, 0.1) is 12.4 Å². The number of aliphatic hydroxyl groups excluding tert-OH is 1. The summed E-state index contributed by atoms with van der Waals surface area (Å²) in [5.74, 6) is 2.32. The summed E-state index contributed by atoms with van der Waals surface area (Å²) < 4.78 is 5.30. The number of H-pyrrole nitrogens is 1. The number of benzene rings is 1. The second-order valence-corrected chi connectivity index (χ2v) is 8.05. The molecule has 0 aliphatic carbocycles. The van der Waals surface area contributed by atoms with Crippen LogP contribution >= 0.6 is 24.0 Å². The maximum absolute atomic E-state index is 10.5. The van der Waals surface area contributed by atoms with Crippen molar-refractivity contribution >= 4 is 29.9 Å². The molecular weight excluding hydrogens is 507 g/mol. The van der Waals surface area contributed by atoms with Crippen LogP contribution in [0.5, 0.6) is 0 Å². The van der Waals surface area contributed by atoms with E-state index < -0.39 is 6.10 Å². The van der Waals surface area contributed by atoms with Crippen molar-refractivity contribution in [3.63, 3.8) is 0 Å². The van der Waals surface area contributed by atoms with Gasteiger partial charge in [-0.2, -0.15) is 0 Å². The highest BCUT2D eigenvalue weighted by Crippen LogP contribution is 2.23. The first-order chi connectivity index (χ1) is 14.4. The Hall–Kier alpha value is -2.40. The molecule has 168 valence electrons. The molecule has 0 bridgehead atoms. The number of aliphatic imine (C=N–C) groups is 1. The molecule has 8 nitrogen and oxygen atoms in total. The fraction of sp³-hybridized carbons (Fsp3) is 0.409. The van der Waals surface area contributed by atoms with Gasteiger partial charge in [0.15, 0.2) is 11.7 Å². The fourth-order valence-corrected chi connectivity index (χ4v) is 2.89. The van der Waals surface area contributed by atoms with Gasteiger partial charge in [0.25, 0.3) is 0 Å². The fourth-order valence-electron chi connectivity index (χ4n) is 2.89. The molecule has 3 rings (SSSR count). The summed E-state index contributed by atoms with van der Waals surface area (Å²) in [6.45, 7) is 9.87. The predicted molar refractivity (Wildman–Crippen MR) is 132 cm³/mol. The third-order valence-electron chi connectivity index (χ3n) is 4.63. The number of guanidine groups is 1. The normalized spacial score (nSPS) is 12.9. The van der Waals surface area contributed by atoms with Crippen LogP contribution in [0.25, 0.3) is 11.6 Å². The third-order valence-corrected chi connectivity index (χ3v) is 4.63. The van der Waals surface area contributed by atoms with E-state index >= 15 is 0 Å². The van der Waals surface area contributed by atoms with Crippen LogP contribution in [0.1, 0.15) is 50.8 Å². The van der Waals surface area contributed by atoms with Crippen LogP contribution in [0.4, 0.5) is 0 Å². The van der Waals surface area contributed by atoms with Crippen LogP contribution in [0.3, 0.4) is 0 Å². The van der Waals surface area contributed by atoms with Crippen molar-refractivity contribution in [2.24, 2.45) is 4.99 Å². The highest BCUT2D eigenvalue weighted by atomic mass is 127. The number of nitrogens with zero attached hydrogens (tertiary/aromatic N) is 3. The van der Waals surface area contributed by atoms with E-state index in [1.54, 1.807) is 18.4 Å². The lowest BCUT2D eigenvalue weighted by molar-refractivity contribution is 0.181. The van der Waals surface area contributed by atoms with Crippen molar-refractivity contribution in [2.45, 2.75) is 45.8 Å². The van der Waals surface area contributed by atoms with Crippen molar-refractivity contribution in [1.82, 2.24) is 25.8 Å². The van der Waals surface area contributed by atoms with Crippen molar-refractivity contribution in [3.05, 3.63) is 59.6 Å². The first-order valence-electron chi connectivity index (χ1n) is 10.1. The van der Waals surface area contributed by atoms with Gasteiger partial charge in [-0.3, -0.25) is 5.10 Å². The molecule has 0 radical (unpaired) electrons. The number of aliphatic hydroxyl groups is 1. The Kier molecular flexibility index (Phi) is 9.05. The summed E-state index contributed by atoms with van der Waals surface area (Å²) in [4.78, 5) is 8.89. The highest BCUT2D eigenvalue weighted by Gasteiger charge is 2.15. The van der Waals surface area contributed by atoms with E-state index in [0.717, 1.165) is 5.56 Å². The Morgan fingerprint density at radius 3 is 2.55 bits per heavy atom. The Balaban J connectivity index is 0.00000341. The maximum atomic E-state index is 10.5. The molecule has 1 aromatic carbocycles. The van der Waals surface area contributed by atoms with Gasteiger partial charge in [0, 0.05) is 13.1 Å². The number of halogens is 1. The number of furan rings is 1. The molecule has 1 unspecified atom stereocenters. The van der Waals surface area contributed by atoms with Crippen molar-refractivity contribution in [2.75, 3.05) is 13.1 Å². The van der Waals surface area contributed by atoms with E-state index in [0.29, 0.717) is 43.0 Å². The van der Waals surface area contributed by atoms with Crippen LogP contribution in [0, 0.1) is 0 Å². The molecule has 0 amide bonds. The monoisotopic (exact) mass is 538 g/mol. The molecule has 0 fully saturated rings. The quantitative estimate of drug-likeness (QED) is 0.207. The topological polar surface area (TPSA) is 111 Å². The number of aromatic amines is 1. The summed E-state index contributed by atoms with van der Waals surface area (Å²) >= 11 is 0. The third kappa shape index (κ3) is 7.06. The van der Waals surface area contributed by atoms with Crippen LogP contribution < -0.4 is 10.6 Å². The van der Waals surface area contributed by atoms with E-state index in [1.165, 1.54) is 5.56 Å². The summed E-state index contributed by atoms with van der Waals surface area (Å²) in [6.07, 6.45) is 0.942. The van der Waals surface area contributed by atoms with Gasteiger partial charge in [-0.25, -0.2) is 9.98 Å². The highest BCUT2D eigenvalue weighted by molar-refractivity contribution is 14.0. The summed E-state index contributed by atoms with van der Waals surface area (Å²) in [5.41, 5.74) is 2.19. The average Bonchev–Trinajstić information content (AvgIpc) is 3.41. The lowest BCUT2D eigenvalue weighted by atomic mass is 9.86. The average molecular weight is 538 g/mol. The minimum atomic E-state index is -0.640. The first-order valence-corrected chi connectivity index (χ1v) is 10.1. The van der Waals surface area contributed by atoms with E-state index in [2.05, 4.69) is 63.7 Å². The summed E-state index contributed by atoms with van der Waals surface area (Å²) in [5, 5.41) is 23.9. The van der Waals surface area contributed by atoms with Crippen molar-refractivity contribution < 1.29 is 9.52 Å². The Labute approximate surface area is 200 Å². The molecule has 1 atom stereocenters. The second kappa shape index (κ2) is 11.3. The molecule has 3 aromatic rings.